The number of nitrogens with one attached hydrogen (secondary N) is 1. The first-order valence-electron chi connectivity index (χ1n) is 5.33. The van der Waals surface area contributed by atoms with Crippen LogP contribution in [-0.2, 0) is 13.0 Å². The third kappa shape index (κ3) is 1.44. The highest BCUT2D eigenvalue weighted by atomic mass is 35.5. The summed E-state index contributed by atoms with van der Waals surface area (Å²) in [5, 5.41) is 5.01. The molecule has 2 aromatic rings. The minimum absolute atomic E-state index is 0.702. The molecule has 1 aromatic carbocycles. The summed E-state index contributed by atoms with van der Waals surface area (Å²) < 4.78 is 0. The molecule has 1 aromatic heterocycles. The average Bonchev–Trinajstić information content (AvgIpc) is 2.29. The summed E-state index contributed by atoms with van der Waals surface area (Å²) in [6.07, 6.45) is 0.933. The van der Waals surface area contributed by atoms with Gasteiger partial charge in [-0.15, -0.1) is 0 Å². The summed E-state index contributed by atoms with van der Waals surface area (Å²) in [6.45, 7) is 1.78. The minimum atomic E-state index is 0.702. The Morgan fingerprint density at radius 2 is 2.25 bits per heavy atom. The fourth-order valence-corrected chi connectivity index (χ4v) is 2.35. The van der Waals surface area contributed by atoms with Crippen molar-refractivity contribution >= 4 is 28.2 Å². The summed E-state index contributed by atoms with van der Waals surface area (Å²) >= 11 is 5.96. The third-order valence-electron chi connectivity index (χ3n) is 3.02. The minimum Gasteiger partial charge on any atom is -0.398 e. The van der Waals surface area contributed by atoms with E-state index in [0.717, 1.165) is 47.4 Å². The number of hydrogen-bond acceptors (Lipinski definition) is 3. The van der Waals surface area contributed by atoms with Gasteiger partial charge < -0.3 is 11.1 Å². The van der Waals surface area contributed by atoms with Crippen molar-refractivity contribution in [3.8, 4) is 0 Å². The van der Waals surface area contributed by atoms with Gasteiger partial charge >= 0.3 is 0 Å². The molecule has 0 unspecified atom stereocenters. The second kappa shape index (κ2) is 3.61. The molecule has 82 valence electrons. The Morgan fingerprint density at radius 1 is 1.38 bits per heavy atom. The summed E-state index contributed by atoms with van der Waals surface area (Å²) in [5.74, 6) is 0. The van der Waals surface area contributed by atoms with Crippen LogP contribution in [0.5, 0.6) is 0 Å². The van der Waals surface area contributed by atoms with E-state index in [1.165, 1.54) is 0 Å². The number of rotatable bonds is 0. The molecular weight excluding hydrogens is 222 g/mol. The molecule has 2 heterocycles. The summed E-state index contributed by atoms with van der Waals surface area (Å²) in [5.41, 5.74) is 10.1. The first kappa shape index (κ1) is 9.87. The highest BCUT2D eigenvalue weighted by molar-refractivity contribution is 6.31. The molecule has 0 fully saturated rings. The van der Waals surface area contributed by atoms with E-state index in [4.69, 9.17) is 17.3 Å². The number of anilines is 1. The largest absolute Gasteiger partial charge is 0.398 e. The number of nitrogens with two attached hydrogens (primary N) is 1. The van der Waals surface area contributed by atoms with Crippen LogP contribution in [0.25, 0.3) is 10.9 Å². The van der Waals surface area contributed by atoms with Crippen molar-refractivity contribution in [3.05, 3.63) is 34.5 Å². The van der Waals surface area contributed by atoms with Gasteiger partial charge in [-0.2, -0.15) is 0 Å². The van der Waals surface area contributed by atoms with Crippen molar-refractivity contribution in [2.24, 2.45) is 0 Å². The maximum Gasteiger partial charge on any atom is 0.0741 e. The van der Waals surface area contributed by atoms with Gasteiger partial charge in [0.05, 0.1) is 5.52 Å². The van der Waals surface area contributed by atoms with Crippen molar-refractivity contribution in [2.75, 3.05) is 12.3 Å². The molecule has 0 spiro atoms. The standard InChI is InChI=1S/C12H12ClN3/c13-7-1-2-8-11(5-7)16-10-3-4-15-6-9(10)12(8)14/h1-2,5,15H,3-4,6H2,(H2,14,16). The first-order chi connectivity index (χ1) is 7.75. The lowest BCUT2D eigenvalue weighted by Crippen LogP contribution is -2.25. The van der Waals surface area contributed by atoms with Crippen LogP contribution in [0.1, 0.15) is 11.3 Å². The Labute approximate surface area is 98.6 Å². The SMILES string of the molecule is Nc1c2c(nc3cc(Cl)ccc13)CCNC2. The molecule has 0 saturated heterocycles. The normalized spacial score (nSPS) is 15.1. The Kier molecular flexibility index (Phi) is 2.23. The van der Waals surface area contributed by atoms with E-state index < -0.39 is 0 Å². The van der Waals surface area contributed by atoms with Gasteiger partial charge in [0.2, 0.25) is 0 Å². The first-order valence-corrected chi connectivity index (χ1v) is 5.71. The van der Waals surface area contributed by atoms with E-state index in [0.29, 0.717) is 5.02 Å². The fraction of sp³-hybridized carbons (Fsp3) is 0.250. The van der Waals surface area contributed by atoms with Crippen molar-refractivity contribution in [3.63, 3.8) is 0 Å². The molecule has 4 heteroatoms. The number of pyridine rings is 1. The highest BCUT2D eigenvalue weighted by Gasteiger charge is 2.15. The zero-order valence-electron chi connectivity index (χ0n) is 8.76. The van der Waals surface area contributed by atoms with Crippen LogP contribution in [0, 0.1) is 0 Å². The molecule has 0 saturated carbocycles. The molecule has 3 nitrogen and oxygen atoms in total. The zero-order chi connectivity index (χ0) is 11.1. The van der Waals surface area contributed by atoms with Crippen molar-refractivity contribution in [1.29, 1.82) is 0 Å². The van der Waals surface area contributed by atoms with Crippen LogP contribution in [-0.4, -0.2) is 11.5 Å². The van der Waals surface area contributed by atoms with E-state index in [2.05, 4.69) is 10.3 Å². The average molecular weight is 234 g/mol. The lowest BCUT2D eigenvalue weighted by molar-refractivity contribution is 0.634. The summed E-state index contributed by atoms with van der Waals surface area (Å²) in [6, 6.07) is 5.66. The van der Waals surface area contributed by atoms with Crippen molar-refractivity contribution in [1.82, 2.24) is 10.3 Å². The topological polar surface area (TPSA) is 50.9 Å². The number of nitrogen functional groups attached to an aromatic ring is 1. The van der Waals surface area contributed by atoms with E-state index >= 15 is 0 Å². The summed E-state index contributed by atoms with van der Waals surface area (Å²) in [7, 11) is 0. The maximum absolute atomic E-state index is 6.17. The quantitative estimate of drug-likeness (QED) is 0.733. The molecule has 1 aliphatic rings. The molecule has 0 radical (unpaired) electrons. The Balaban J connectivity index is 2.34. The van der Waals surface area contributed by atoms with Gasteiger partial charge in [-0.05, 0) is 18.2 Å². The van der Waals surface area contributed by atoms with Crippen LogP contribution in [0.3, 0.4) is 0 Å². The van der Waals surface area contributed by atoms with Gasteiger partial charge in [0, 0.05) is 46.9 Å². The van der Waals surface area contributed by atoms with Gasteiger partial charge in [0.25, 0.3) is 0 Å². The second-order valence-corrected chi connectivity index (χ2v) is 4.48. The molecule has 0 atom stereocenters. The molecule has 3 rings (SSSR count). The molecule has 1 aliphatic heterocycles. The van der Waals surface area contributed by atoms with E-state index in [1.54, 1.807) is 0 Å². The van der Waals surface area contributed by atoms with Gasteiger partial charge in [-0.25, -0.2) is 0 Å². The third-order valence-corrected chi connectivity index (χ3v) is 3.25. The van der Waals surface area contributed by atoms with Crippen LogP contribution < -0.4 is 11.1 Å². The number of fused-ring (bicyclic) bond motifs is 2. The molecule has 0 bridgehead atoms. The van der Waals surface area contributed by atoms with E-state index in [9.17, 15) is 0 Å². The van der Waals surface area contributed by atoms with E-state index in [-0.39, 0.29) is 0 Å². The highest BCUT2D eigenvalue weighted by Crippen LogP contribution is 2.29. The molecular formula is C12H12ClN3. The fourth-order valence-electron chi connectivity index (χ4n) is 2.18. The smallest absolute Gasteiger partial charge is 0.0741 e. The number of nitrogens with zero attached hydrogens (tertiary/aromatic N) is 1. The van der Waals surface area contributed by atoms with Gasteiger partial charge in [-0.1, -0.05) is 11.6 Å². The van der Waals surface area contributed by atoms with Crippen LogP contribution in [0.2, 0.25) is 5.02 Å². The predicted octanol–water partition coefficient (Wildman–Crippen LogP) is 2.12. The monoisotopic (exact) mass is 233 g/mol. The number of hydrogen-bond donors (Lipinski definition) is 2. The van der Waals surface area contributed by atoms with Crippen LogP contribution in [0.15, 0.2) is 18.2 Å². The number of benzene rings is 1. The number of halogens is 1. The lowest BCUT2D eigenvalue weighted by Gasteiger charge is -2.19. The molecule has 0 aliphatic carbocycles. The Bertz CT molecular complexity index is 566. The van der Waals surface area contributed by atoms with E-state index in [1.807, 2.05) is 18.2 Å². The van der Waals surface area contributed by atoms with Crippen LogP contribution >= 0.6 is 11.6 Å². The zero-order valence-corrected chi connectivity index (χ0v) is 9.51. The van der Waals surface area contributed by atoms with Gasteiger partial charge in [0.15, 0.2) is 0 Å². The van der Waals surface area contributed by atoms with Gasteiger partial charge in [0.1, 0.15) is 0 Å². The summed E-state index contributed by atoms with van der Waals surface area (Å²) in [4.78, 5) is 4.63. The lowest BCUT2D eigenvalue weighted by atomic mass is 10.0. The maximum atomic E-state index is 6.17. The predicted molar refractivity (Wildman–Crippen MR) is 66.6 cm³/mol. The van der Waals surface area contributed by atoms with Crippen molar-refractivity contribution in [2.45, 2.75) is 13.0 Å². The van der Waals surface area contributed by atoms with Crippen molar-refractivity contribution < 1.29 is 0 Å². The second-order valence-electron chi connectivity index (χ2n) is 4.04. The Morgan fingerprint density at radius 3 is 3.12 bits per heavy atom. The molecule has 0 amide bonds. The van der Waals surface area contributed by atoms with Crippen LogP contribution in [0.4, 0.5) is 5.69 Å². The molecule has 3 N–H and O–H groups in total. The molecule has 16 heavy (non-hydrogen) atoms. The van der Waals surface area contributed by atoms with Gasteiger partial charge in [-0.3, -0.25) is 4.98 Å². The Hall–Kier alpha value is -1.32. The number of aromatic nitrogens is 1.